The molecule has 0 rings (SSSR count). The summed E-state index contributed by atoms with van der Waals surface area (Å²) >= 11 is 0. The van der Waals surface area contributed by atoms with Gasteiger partial charge in [0.2, 0.25) is 7.37 Å². The van der Waals surface area contributed by atoms with Gasteiger partial charge in [-0.15, -0.1) is 12.4 Å². The third-order valence-corrected chi connectivity index (χ3v) is 5.50. The lowest BCUT2D eigenvalue weighted by molar-refractivity contribution is 0.309. The quantitative estimate of drug-likeness (QED) is 0.624. The Morgan fingerprint density at radius 2 is 1.10 bits per heavy atom. The third kappa shape index (κ3) is 13.5. The van der Waals surface area contributed by atoms with Gasteiger partial charge >= 0.3 is 0 Å². The summed E-state index contributed by atoms with van der Waals surface area (Å²) in [4.78, 5) is 10.2. The van der Waals surface area contributed by atoms with Crippen LogP contribution in [0.15, 0.2) is 0 Å². The minimum absolute atomic E-state index is 0. The van der Waals surface area contributed by atoms with Crippen molar-refractivity contribution >= 4 is 19.8 Å². The van der Waals surface area contributed by atoms with Crippen LogP contribution < -0.4 is 0 Å². The standard InChI is InChI=1S/C16H35O2P.ClH/c1-13(9-15(3,4)5)11-19(17,18)12-14(2)10-16(6,7)8;/h13-14H,9-12H2,1-8H3,(H,17,18);1H. The van der Waals surface area contributed by atoms with Crippen LogP contribution in [0.4, 0.5) is 0 Å². The van der Waals surface area contributed by atoms with E-state index in [0.29, 0.717) is 24.2 Å². The average Bonchev–Trinajstić information content (AvgIpc) is 1.89. The van der Waals surface area contributed by atoms with Crippen LogP contribution >= 0.6 is 19.8 Å². The van der Waals surface area contributed by atoms with Crippen LogP contribution in [0.1, 0.15) is 68.2 Å². The highest BCUT2D eigenvalue weighted by atomic mass is 35.5. The molecule has 4 heteroatoms. The molecule has 20 heavy (non-hydrogen) atoms. The molecule has 2 atom stereocenters. The van der Waals surface area contributed by atoms with Crippen molar-refractivity contribution in [3.05, 3.63) is 0 Å². The summed E-state index contributed by atoms with van der Waals surface area (Å²) in [6, 6.07) is 0. The van der Waals surface area contributed by atoms with E-state index in [1.54, 1.807) is 0 Å². The summed E-state index contributed by atoms with van der Waals surface area (Å²) in [5.74, 6) is 0.635. The zero-order valence-electron chi connectivity index (χ0n) is 14.7. The molecule has 0 aliphatic carbocycles. The van der Waals surface area contributed by atoms with Crippen molar-refractivity contribution in [3.8, 4) is 0 Å². The molecule has 124 valence electrons. The van der Waals surface area contributed by atoms with E-state index >= 15 is 0 Å². The molecule has 0 radical (unpaired) electrons. The maximum Gasteiger partial charge on any atom is 0.201 e. The van der Waals surface area contributed by atoms with E-state index in [1.807, 2.05) is 0 Å². The highest BCUT2D eigenvalue weighted by Crippen LogP contribution is 2.47. The SMILES string of the molecule is CC(CC(C)(C)C)CP(=O)(O)CC(C)CC(C)(C)C.Cl. The second-order valence-electron chi connectivity index (χ2n) is 8.95. The van der Waals surface area contributed by atoms with Crippen LogP contribution in [-0.4, -0.2) is 17.2 Å². The van der Waals surface area contributed by atoms with Gasteiger partial charge in [-0.25, -0.2) is 0 Å². The van der Waals surface area contributed by atoms with Gasteiger partial charge in [0, 0.05) is 12.3 Å². The fourth-order valence-corrected chi connectivity index (χ4v) is 5.62. The van der Waals surface area contributed by atoms with Gasteiger partial charge < -0.3 is 4.89 Å². The first kappa shape index (κ1) is 22.8. The highest BCUT2D eigenvalue weighted by molar-refractivity contribution is 7.58. The summed E-state index contributed by atoms with van der Waals surface area (Å²) in [5, 5.41) is 0. The van der Waals surface area contributed by atoms with Gasteiger partial charge in [-0.05, 0) is 35.5 Å². The molecule has 0 heterocycles. The summed E-state index contributed by atoms with van der Waals surface area (Å²) < 4.78 is 12.4. The molecule has 0 aromatic rings. The van der Waals surface area contributed by atoms with Crippen molar-refractivity contribution in [3.63, 3.8) is 0 Å². The van der Waals surface area contributed by atoms with E-state index in [-0.39, 0.29) is 23.2 Å². The normalized spacial score (nSPS) is 18.9. The zero-order valence-corrected chi connectivity index (χ0v) is 16.4. The van der Waals surface area contributed by atoms with Gasteiger partial charge in [0.1, 0.15) is 0 Å². The van der Waals surface area contributed by atoms with Gasteiger partial charge in [0.05, 0.1) is 0 Å². The molecule has 0 aliphatic heterocycles. The molecular formula is C16H36ClO2P. The van der Waals surface area contributed by atoms with Gasteiger partial charge in [0.25, 0.3) is 0 Å². The van der Waals surface area contributed by atoms with Crippen molar-refractivity contribution < 1.29 is 9.46 Å². The Bertz CT molecular complexity index is 287. The minimum atomic E-state index is -2.98. The molecule has 2 nitrogen and oxygen atoms in total. The Morgan fingerprint density at radius 3 is 1.30 bits per heavy atom. The third-order valence-electron chi connectivity index (χ3n) is 3.12. The van der Waals surface area contributed by atoms with Crippen LogP contribution in [-0.2, 0) is 4.57 Å². The lowest BCUT2D eigenvalue weighted by Crippen LogP contribution is -2.18. The van der Waals surface area contributed by atoms with E-state index < -0.39 is 7.37 Å². The largest absolute Gasteiger partial charge is 0.344 e. The Balaban J connectivity index is 0. The first-order valence-corrected chi connectivity index (χ1v) is 9.54. The topological polar surface area (TPSA) is 37.3 Å². The van der Waals surface area contributed by atoms with Gasteiger partial charge in [-0.2, -0.15) is 0 Å². The molecule has 2 unspecified atom stereocenters. The van der Waals surface area contributed by atoms with E-state index in [4.69, 9.17) is 0 Å². The average molecular weight is 327 g/mol. The van der Waals surface area contributed by atoms with Crippen LogP contribution in [0.5, 0.6) is 0 Å². The molecule has 0 bridgehead atoms. The molecule has 0 aromatic heterocycles. The maximum absolute atomic E-state index is 12.4. The van der Waals surface area contributed by atoms with E-state index in [9.17, 15) is 9.46 Å². The number of rotatable bonds is 6. The van der Waals surface area contributed by atoms with Gasteiger partial charge in [-0.3, -0.25) is 4.57 Å². The Kier molecular flexibility index (Phi) is 9.33. The number of hydrogen-bond donors (Lipinski definition) is 1. The fourth-order valence-electron chi connectivity index (χ4n) is 3.27. The van der Waals surface area contributed by atoms with E-state index in [1.165, 1.54) is 0 Å². The molecule has 0 saturated carbocycles. The summed E-state index contributed by atoms with van der Waals surface area (Å²) in [6.45, 7) is 17.3. The fraction of sp³-hybridized carbons (Fsp3) is 1.00. The van der Waals surface area contributed by atoms with Crippen LogP contribution in [0, 0.1) is 22.7 Å². The second kappa shape index (κ2) is 8.20. The van der Waals surface area contributed by atoms with Gasteiger partial charge in [-0.1, -0.05) is 55.4 Å². The lowest BCUT2D eigenvalue weighted by atomic mass is 9.86. The molecule has 0 fully saturated rings. The van der Waals surface area contributed by atoms with E-state index in [2.05, 4.69) is 55.4 Å². The van der Waals surface area contributed by atoms with Crippen LogP contribution in [0.25, 0.3) is 0 Å². The molecule has 0 spiro atoms. The molecule has 0 aliphatic rings. The number of halogens is 1. The summed E-state index contributed by atoms with van der Waals surface area (Å²) in [5.41, 5.74) is 0.465. The number of hydrogen-bond acceptors (Lipinski definition) is 1. The van der Waals surface area contributed by atoms with Crippen molar-refractivity contribution in [2.75, 3.05) is 12.3 Å². The molecular weight excluding hydrogens is 291 g/mol. The zero-order chi connectivity index (χ0) is 15.5. The maximum atomic E-state index is 12.4. The van der Waals surface area contributed by atoms with Crippen molar-refractivity contribution in [2.45, 2.75) is 68.2 Å². The van der Waals surface area contributed by atoms with Crippen LogP contribution in [0.2, 0.25) is 0 Å². The highest BCUT2D eigenvalue weighted by Gasteiger charge is 2.28. The molecule has 0 saturated heterocycles. The lowest BCUT2D eigenvalue weighted by Gasteiger charge is -2.27. The monoisotopic (exact) mass is 326 g/mol. The van der Waals surface area contributed by atoms with E-state index in [0.717, 1.165) is 12.8 Å². The Labute approximate surface area is 133 Å². The van der Waals surface area contributed by atoms with Gasteiger partial charge in [0.15, 0.2) is 0 Å². The first-order valence-electron chi connectivity index (χ1n) is 7.51. The predicted molar refractivity (Wildman–Crippen MR) is 93.3 cm³/mol. The molecule has 0 aromatic carbocycles. The van der Waals surface area contributed by atoms with Crippen molar-refractivity contribution in [1.29, 1.82) is 0 Å². The summed E-state index contributed by atoms with van der Waals surface area (Å²) in [7, 11) is -2.98. The van der Waals surface area contributed by atoms with Crippen molar-refractivity contribution in [2.24, 2.45) is 22.7 Å². The molecule has 1 N–H and O–H groups in total. The second-order valence-corrected chi connectivity index (χ2v) is 11.4. The minimum Gasteiger partial charge on any atom is -0.344 e. The Morgan fingerprint density at radius 1 is 0.850 bits per heavy atom. The Hall–Kier alpha value is 0.480. The smallest absolute Gasteiger partial charge is 0.201 e. The van der Waals surface area contributed by atoms with Crippen molar-refractivity contribution in [1.82, 2.24) is 0 Å². The van der Waals surface area contributed by atoms with Crippen LogP contribution in [0.3, 0.4) is 0 Å². The molecule has 0 amide bonds. The predicted octanol–water partition coefficient (Wildman–Crippen LogP) is 5.82. The summed E-state index contributed by atoms with van der Waals surface area (Å²) in [6.07, 6.45) is 2.95. The first-order chi connectivity index (χ1) is 8.20.